The van der Waals surface area contributed by atoms with E-state index in [-0.39, 0.29) is 20.3 Å². The molecule has 27 heavy (non-hydrogen) atoms. The molecule has 1 heterocycles. The molecule has 0 radical (unpaired) electrons. The number of methoxy groups -OCH3 is 3. The monoisotopic (exact) mass is 436 g/mol. The Labute approximate surface area is 161 Å². The molecule has 1 N–H and O–H groups in total. The second-order valence-corrected chi connectivity index (χ2v) is 7.21. The zero-order chi connectivity index (χ0) is 19.4. The summed E-state index contributed by atoms with van der Waals surface area (Å²) in [6.07, 6.45) is 0. The predicted molar refractivity (Wildman–Crippen MR) is 100 cm³/mol. The molecule has 0 saturated heterocycles. The van der Waals surface area contributed by atoms with Crippen LogP contribution in [-0.4, -0.2) is 51.7 Å². The zero-order valence-electron chi connectivity index (χ0n) is 14.9. The van der Waals surface area contributed by atoms with Crippen LogP contribution >= 0.6 is 0 Å². The minimum absolute atomic E-state index is 0.147. The van der Waals surface area contributed by atoms with Crippen LogP contribution in [0.1, 0.15) is 10.1 Å². The molecule has 0 unspecified atom stereocenters. The quantitative estimate of drug-likeness (QED) is 0.279. The molecule has 0 saturated carbocycles. The first-order valence-corrected chi connectivity index (χ1v) is 9.70. The van der Waals surface area contributed by atoms with Gasteiger partial charge in [0.05, 0.1) is 0 Å². The van der Waals surface area contributed by atoms with Crippen molar-refractivity contribution < 1.29 is 23.8 Å². The summed E-state index contributed by atoms with van der Waals surface area (Å²) in [5, 5.41) is 13.1. The fourth-order valence-electron chi connectivity index (χ4n) is 2.58. The van der Waals surface area contributed by atoms with Crippen LogP contribution in [0.2, 0.25) is 0 Å². The molecule has 0 bridgehead atoms. The first kappa shape index (κ1) is 18.9. The normalized spacial score (nSPS) is 11.3. The number of ether oxygens (including phenoxy) is 3. The van der Waals surface area contributed by atoms with Gasteiger partial charge in [0.15, 0.2) is 0 Å². The molecule has 8 heteroatoms. The van der Waals surface area contributed by atoms with Crippen LogP contribution in [0.25, 0.3) is 11.3 Å². The molecule has 1 aromatic heterocycles. The third kappa shape index (κ3) is 3.82. The van der Waals surface area contributed by atoms with Crippen molar-refractivity contribution in [3.63, 3.8) is 0 Å². The van der Waals surface area contributed by atoms with Gasteiger partial charge in [0, 0.05) is 0 Å². The zero-order valence-corrected chi connectivity index (χ0v) is 16.6. The molecule has 0 atom stereocenters. The summed E-state index contributed by atoms with van der Waals surface area (Å²) in [4.78, 5) is 6.53. The Balaban J connectivity index is 2.02. The molecule has 0 fully saturated rings. The van der Waals surface area contributed by atoms with Gasteiger partial charge in [0.25, 0.3) is 0 Å². The number of oxime groups is 1. The van der Waals surface area contributed by atoms with Gasteiger partial charge in [-0.1, -0.05) is 0 Å². The van der Waals surface area contributed by atoms with Crippen LogP contribution in [0, 0.1) is 5.82 Å². The third-order valence-electron chi connectivity index (χ3n) is 3.88. The standard InChI is InChI=1S/C19H17FN2O4Se/c1-24-15-8-12(9-16(25-2)18(15)26-3)17(22-23)19-21-14(10-27-19)11-4-6-13(20)7-5-11/h4-10,23H,1-3H3. The SMILES string of the molecule is COc1cc(C(=NO)c2nc(-c3ccc(F)cc3)c[se]2)cc(OC)c1OC. The molecule has 2 aromatic carbocycles. The van der Waals surface area contributed by atoms with Crippen molar-refractivity contribution in [2.75, 3.05) is 21.3 Å². The summed E-state index contributed by atoms with van der Waals surface area (Å²) in [6.45, 7) is 0. The molecule has 140 valence electrons. The average Bonchev–Trinajstić information content (AvgIpc) is 3.18. The number of halogens is 1. The van der Waals surface area contributed by atoms with E-state index in [9.17, 15) is 9.60 Å². The van der Waals surface area contributed by atoms with Gasteiger partial charge in [-0.3, -0.25) is 0 Å². The number of nitrogens with zero attached hydrogens (tertiary/aromatic N) is 2. The number of aromatic nitrogens is 1. The minimum atomic E-state index is -0.304. The van der Waals surface area contributed by atoms with Gasteiger partial charge in [-0.2, -0.15) is 0 Å². The van der Waals surface area contributed by atoms with Crippen molar-refractivity contribution in [1.82, 2.24) is 4.98 Å². The van der Waals surface area contributed by atoms with E-state index < -0.39 is 0 Å². The van der Waals surface area contributed by atoms with Crippen molar-refractivity contribution in [2.24, 2.45) is 5.16 Å². The van der Waals surface area contributed by atoms with E-state index in [1.165, 1.54) is 33.5 Å². The van der Waals surface area contributed by atoms with E-state index in [0.29, 0.717) is 33.1 Å². The van der Waals surface area contributed by atoms with E-state index in [4.69, 9.17) is 14.2 Å². The Morgan fingerprint density at radius 1 is 1.04 bits per heavy atom. The Bertz CT molecular complexity index is 945. The summed E-state index contributed by atoms with van der Waals surface area (Å²) in [5.74, 6) is 1.05. The van der Waals surface area contributed by atoms with Gasteiger partial charge in [0.2, 0.25) is 0 Å². The van der Waals surface area contributed by atoms with Gasteiger partial charge in [-0.25, -0.2) is 0 Å². The van der Waals surface area contributed by atoms with E-state index in [1.807, 2.05) is 4.94 Å². The van der Waals surface area contributed by atoms with Gasteiger partial charge in [-0.15, -0.1) is 0 Å². The van der Waals surface area contributed by atoms with Crippen LogP contribution in [-0.2, 0) is 0 Å². The summed E-state index contributed by atoms with van der Waals surface area (Å²) < 4.78 is 29.8. The Kier molecular flexibility index (Phi) is 5.78. The van der Waals surface area contributed by atoms with Crippen molar-refractivity contribution in [2.45, 2.75) is 0 Å². The Morgan fingerprint density at radius 2 is 1.67 bits per heavy atom. The summed E-state index contributed by atoms with van der Waals surface area (Å²) in [5.41, 5.74) is 2.43. The molecule has 3 aromatic rings. The van der Waals surface area contributed by atoms with Gasteiger partial charge in [-0.05, 0) is 0 Å². The average molecular weight is 435 g/mol. The van der Waals surface area contributed by atoms with Gasteiger partial charge < -0.3 is 0 Å². The molecule has 0 aliphatic carbocycles. The van der Waals surface area contributed by atoms with Gasteiger partial charge in [0.1, 0.15) is 0 Å². The second kappa shape index (κ2) is 8.24. The van der Waals surface area contributed by atoms with Crippen molar-refractivity contribution in [1.29, 1.82) is 0 Å². The van der Waals surface area contributed by atoms with Crippen molar-refractivity contribution in [3.8, 4) is 28.5 Å². The summed E-state index contributed by atoms with van der Waals surface area (Å²) in [7, 11) is 4.55. The molecule has 0 aliphatic rings. The Hall–Kier alpha value is -2.83. The van der Waals surface area contributed by atoms with Gasteiger partial charge >= 0.3 is 161 Å². The molecular weight excluding hydrogens is 418 g/mol. The van der Waals surface area contributed by atoms with Crippen molar-refractivity contribution >= 4 is 20.2 Å². The number of hydrogen-bond acceptors (Lipinski definition) is 6. The third-order valence-corrected chi connectivity index (χ3v) is 5.67. The Morgan fingerprint density at radius 3 is 2.19 bits per heavy atom. The van der Waals surface area contributed by atoms with E-state index in [1.54, 1.807) is 24.3 Å². The molecule has 3 rings (SSSR count). The second-order valence-electron chi connectivity index (χ2n) is 5.41. The number of hydrogen-bond donors (Lipinski definition) is 1. The van der Waals surface area contributed by atoms with E-state index in [2.05, 4.69) is 10.1 Å². The van der Waals surface area contributed by atoms with Crippen LogP contribution < -0.4 is 14.2 Å². The predicted octanol–water partition coefficient (Wildman–Crippen LogP) is 3.20. The number of benzene rings is 2. The van der Waals surface area contributed by atoms with Crippen LogP contribution in [0.15, 0.2) is 46.5 Å². The maximum atomic E-state index is 13.1. The first-order chi connectivity index (χ1) is 13.1. The molecule has 0 aliphatic heterocycles. The summed E-state index contributed by atoms with van der Waals surface area (Å²) in [6, 6.07) is 9.50. The number of rotatable bonds is 6. The molecule has 0 spiro atoms. The van der Waals surface area contributed by atoms with Crippen LogP contribution in [0.3, 0.4) is 0 Å². The van der Waals surface area contributed by atoms with Crippen molar-refractivity contribution in [3.05, 3.63) is 57.3 Å². The van der Waals surface area contributed by atoms with E-state index in [0.717, 1.165) is 11.3 Å². The van der Waals surface area contributed by atoms with Crippen LogP contribution in [0.5, 0.6) is 17.2 Å². The molecular formula is C19H17FN2O4Se. The summed E-state index contributed by atoms with van der Waals surface area (Å²) >= 11 is -0.147. The van der Waals surface area contributed by atoms with Crippen LogP contribution in [0.4, 0.5) is 4.39 Å². The fraction of sp³-hybridized carbons (Fsp3) is 0.158. The first-order valence-electron chi connectivity index (χ1n) is 7.85. The maximum absolute atomic E-state index is 13.1. The topological polar surface area (TPSA) is 73.2 Å². The molecule has 0 amide bonds. The fourth-order valence-corrected chi connectivity index (χ4v) is 4.33. The van der Waals surface area contributed by atoms with E-state index >= 15 is 0 Å². The molecule has 6 nitrogen and oxygen atoms in total.